The molecule has 1 aromatic carbocycles. The average molecular weight is 388 g/mol. The summed E-state index contributed by atoms with van der Waals surface area (Å²) in [6.07, 6.45) is 1.96. The maximum Gasteiger partial charge on any atom is 0.327 e. The van der Waals surface area contributed by atoms with Crippen molar-refractivity contribution in [3.8, 4) is 0 Å². The Morgan fingerprint density at radius 3 is 2.71 bits per heavy atom. The van der Waals surface area contributed by atoms with E-state index in [-0.39, 0.29) is 5.78 Å². The molecule has 0 fully saturated rings. The molecule has 1 aromatic heterocycles. The predicted molar refractivity (Wildman–Crippen MR) is 93.2 cm³/mol. The van der Waals surface area contributed by atoms with Crippen LogP contribution in [0, 0.1) is 0 Å². The van der Waals surface area contributed by atoms with Gasteiger partial charge in [-0.05, 0) is 30.5 Å². The third kappa shape index (κ3) is 2.36. The van der Waals surface area contributed by atoms with E-state index < -0.39 is 17.2 Å². The van der Waals surface area contributed by atoms with Gasteiger partial charge in [0, 0.05) is 28.1 Å². The molecule has 122 valence electrons. The van der Waals surface area contributed by atoms with Crippen LogP contribution >= 0.6 is 15.9 Å². The highest BCUT2D eigenvalue weighted by Gasteiger charge is 2.37. The van der Waals surface area contributed by atoms with E-state index in [1.807, 2.05) is 24.3 Å². The van der Waals surface area contributed by atoms with E-state index in [4.69, 9.17) is 0 Å². The number of Topliss-reactive ketones (excluding diaryl/α,β-unsaturated/α-hetero) is 1. The van der Waals surface area contributed by atoms with Gasteiger partial charge in [0.25, 0.3) is 5.56 Å². The van der Waals surface area contributed by atoms with Crippen LogP contribution in [0.15, 0.2) is 49.6 Å². The summed E-state index contributed by atoms with van der Waals surface area (Å²) in [6.45, 7) is 0. The average Bonchev–Trinajstić information content (AvgIpc) is 2.53. The van der Waals surface area contributed by atoms with Gasteiger partial charge in [-0.1, -0.05) is 28.1 Å². The van der Waals surface area contributed by atoms with E-state index >= 15 is 0 Å². The van der Waals surface area contributed by atoms with Gasteiger partial charge in [-0.15, -0.1) is 0 Å². The van der Waals surface area contributed by atoms with Crippen LogP contribution < -0.4 is 16.6 Å². The highest BCUT2D eigenvalue weighted by atomic mass is 79.9. The van der Waals surface area contributed by atoms with E-state index in [1.165, 1.54) is 0 Å². The summed E-state index contributed by atoms with van der Waals surface area (Å²) in [4.78, 5) is 41.6. The summed E-state index contributed by atoms with van der Waals surface area (Å²) in [6, 6.07) is 7.55. The molecule has 0 saturated carbocycles. The maximum atomic E-state index is 12.6. The summed E-state index contributed by atoms with van der Waals surface area (Å²) in [7, 11) is 0. The number of H-pyrrole nitrogens is 2. The number of aromatic amines is 2. The van der Waals surface area contributed by atoms with Crippen molar-refractivity contribution >= 4 is 27.5 Å². The van der Waals surface area contributed by atoms with Crippen LogP contribution in [0.1, 0.15) is 36.3 Å². The van der Waals surface area contributed by atoms with Crippen molar-refractivity contribution in [1.82, 2.24) is 9.97 Å². The van der Waals surface area contributed by atoms with Crippen LogP contribution in [0.4, 0.5) is 5.82 Å². The van der Waals surface area contributed by atoms with Crippen LogP contribution in [-0.4, -0.2) is 15.8 Å². The van der Waals surface area contributed by atoms with Gasteiger partial charge in [0.15, 0.2) is 5.78 Å². The van der Waals surface area contributed by atoms with Gasteiger partial charge >= 0.3 is 5.69 Å². The zero-order valence-corrected chi connectivity index (χ0v) is 14.2. The molecular weight excluding hydrogens is 374 g/mol. The first kappa shape index (κ1) is 15.1. The largest absolute Gasteiger partial charge is 0.344 e. The van der Waals surface area contributed by atoms with Crippen molar-refractivity contribution < 1.29 is 4.79 Å². The second-order valence-corrected chi connectivity index (χ2v) is 6.89. The molecule has 1 aliphatic heterocycles. The summed E-state index contributed by atoms with van der Waals surface area (Å²) in [5, 5.41) is 3.10. The molecule has 0 radical (unpaired) electrons. The number of fused-ring (bicyclic) bond motifs is 1. The lowest BCUT2D eigenvalue weighted by Crippen LogP contribution is -2.36. The lowest BCUT2D eigenvalue weighted by Gasteiger charge is -2.32. The van der Waals surface area contributed by atoms with E-state index in [2.05, 4.69) is 31.2 Å². The number of anilines is 1. The lowest BCUT2D eigenvalue weighted by atomic mass is 9.76. The Bertz CT molecular complexity index is 1000. The molecule has 0 amide bonds. The molecule has 0 saturated heterocycles. The van der Waals surface area contributed by atoms with Crippen molar-refractivity contribution in [2.75, 3.05) is 5.32 Å². The molecule has 1 aliphatic carbocycles. The fourth-order valence-corrected chi connectivity index (χ4v) is 3.93. The third-order valence-electron chi connectivity index (χ3n) is 4.47. The first-order chi connectivity index (χ1) is 11.5. The minimum absolute atomic E-state index is 0.0463. The summed E-state index contributed by atoms with van der Waals surface area (Å²) >= 11 is 3.44. The number of nitrogens with one attached hydrogen (secondary N) is 3. The molecular formula is C17H14BrN3O3. The molecule has 0 unspecified atom stereocenters. The maximum absolute atomic E-state index is 12.6. The number of carbonyl (C=O) groups excluding carboxylic acids is 1. The minimum Gasteiger partial charge on any atom is -0.344 e. The number of hydrogen-bond acceptors (Lipinski definition) is 4. The molecule has 1 atom stereocenters. The van der Waals surface area contributed by atoms with Gasteiger partial charge in [-0.2, -0.15) is 0 Å². The van der Waals surface area contributed by atoms with Crippen molar-refractivity contribution in [1.29, 1.82) is 0 Å². The van der Waals surface area contributed by atoms with Crippen LogP contribution in [0.2, 0.25) is 0 Å². The molecule has 3 N–H and O–H groups in total. The van der Waals surface area contributed by atoms with E-state index in [0.29, 0.717) is 23.4 Å². The SMILES string of the molecule is O=C1CCCC2=C1[C@H](c1cccc(Br)c1)c1c([nH]c(=O)[nH]c1=O)N2. The molecule has 4 rings (SSSR count). The second kappa shape index (κ2) is 5.59. The Balaban J connectivity index is 2.03. The molecule has 2 aliphatic rings. The molecule has 6 nitrogen and oxygen atoms in total. The minimum atomic E-state index is -0.564. The summed E-state index contributed by atoms with van der Waals surface area (Å²) < 4.78 is 0.867. The molecule has 2 aromatic rings. The number of ketones is 1. The lowest BCUT2D eigenvalue weighted by molar-refractivity contribution is -0.116. The molecule has 0 bridgehead atoms. The van der Waals surface area contributed by atoms with Crippen molar-refractivity contribution in [3.63, 3.8) is 0 Å². The number of hydrogen-bond donors (Lipinski definition) is 3. The second-order valence-electron chi connectivity index (χ2n) is 5.98. The number of carbonyl (C=O) groups is 1. The van der Waals surface area contributed by atoms with Crippen molar-refractivity contribution in [2.45, 2.75) is 25.2 Å². The van der Waals surface area contributed by atoms with Crippen molar-refractivity contribution in [2.24, 2.45) is 0 Å². The molecule has 7 heteroatoms. The summed E-state index contributed by atoms with van der Waals surface area (Å²) in [5.41, 5.74) is 1.60. The Hall–Kier alpha value is -2.41. The van der Waals surface area contributed by atoms with E-state index in [0.717, 1.165) is 28.6 Å². The number of rotatable bonds is 1. The highest BCUT2D eigenvalue weighted by molar-refractivity contribution is 9.10. The zero-order chi connectivity index (χ0) is 16.8. The van der Waals surface area contributed by atoms with Gasteiger partial charge < -0.3 is 5.32 Å². The van der Waals surface area contributed by atoms with Crippen LogP contribution in [0.3, 0.4) is 0 Å². The fraction of sp³-hybridized carbons (Fsp3) is 0.235. The standard InChI is InChI=1S/C17H14BrN3O3/c18-9-4-1-3-8(7-9)12-13-10(5-2-6-11(13)22)19-15-14(12)16(23)21-17(24)20-15/h1,3-4,7,12H,2,5-6H2,(H3,19,20,21,23,24)/t12-/m0/s1. The number of aromatic nitrogens is 2. The first-order valence-electron chi connectivity index (χ1n) is 7.70. The van der Waals surface area contributed by atoms with Gasteiger partial charge in [-0.25, -0.2) is 4.79 Å². The Labute approximate surface area is 145 Å². The van der Waals surface area contributed by atoms with Crippen LogP contribution in [0.5, 0.6) is 0 Å². The zero-order valence-electron chi connectivity index (χ0n) is 12.6. The normalized spacial score (nSPS) is 19.5. The Morgan fingerprint density at radius 2 is 1.92 bits per heavy atom. The van der Waals surface area contributed by atoms with Crippen molar-refractivity contribution in [3.05, 3.63) is 72.0 Å². The first-order valence-corrected chi connectivity index (χ1v) is 8.49. The van der Waals surface area contributed by atoms with Crippen LogP contribution in [-0.2, 0) is 4.79 Å². The third-order valence-corrected chi connectivity index (χ3v) is 4.96. The summed E-state index contributed by atoms with van der Waals surface area (Å²) in [5.74, 6) is -0.0608. The highest BCUT2D eigenvalue weighted by Crippen LogP contribution is 2.43. The molecule has 2 heterocycles. The molecule has 24 heavy (non-hydrogen) atoms. The Morgan fingerprint density at radius 1 is 1.08 bits per heavy atom. The molecule has 0 spiro atoms. The van der Waals surface area contributed by atoms with E-state index in [1.54, 1.807) is 0 Å². The van der Waals surface area contributed by atoms with Gasteiger partial charge in [0.1, 0.15) is 5.82 Å². The quantitative estimate of drug-likeness (QED) is 0.699. The topological polar surface area (TPSA) is 94.8 Å². The number of halogens is 1. The monoisotopic (exact) mass is 387 g/mol. The fourth-order valence-electron chi connectivity index (χ4n) is 3.51. The van der Waals surface area contributed by atoms with Gasteiger partial charge in [0.2, 0.25) is 0 Å². The van der Waals surface area contributed by atoms with E-state index in [9.17, 15) is 14.4 Å². The van der Waals surface area contributed by atoms with Crippen LogP contribution in [0.25, 0.3) is 0 Å². The predicted octanol–water partition coefficient (Wildman–Crippen LogP) is 2.39. The smallest absolute Gasteiger partial charge is 0.327 e. The number of benzene rings is 1. The van der Waals surface area contributed by atoms with Gasteiger partial charge in [0.05, 0.1) is 5.56 Å². The number of allylic oxidation sites excluding steroid dienone is 2. The Kier molecular flexibility index (Phi) is 3.53. The van der Waals surface area contributed by atoms with Gasteiger partial charge in [-0.3, -0.25) is 19.6 Å².